The van der Waals surface area contributed by atoms with Crippen LogP contribution in [0.4, 0.5) is 0 Å². The average molecular weight is 209 g/mol. The second kappa shape index (κ2) is 3.90. The van der Waals surface area contributed by atoms with Crippen LogP contribution in [-0.4, -0.2) is 28.2 Å². The lowest BCUT2D eigenvalue weighted by Gasteiger charge is -2.07. The maximum atomic E-state index is 5.56. The number of aromatic nitrogens is 3. The van der Waals surface area contributed by atoms with Crippen LogP contribution < -0.4 is 0 Å². The molecule has 0 N–H and O–H groups in total. The maximum absolute atomic E-state index is 5.56. The summed E-state index contributed by atoms with van der Waals surface area (Å²) in [6.07, 6.45) is 6.54. The number of hydrogen-bond acceptors (Lipinski definition) is 4. The van der Waals surface area contributed by atoms with Crippen molar-refractivity contribution in [3.63, 3.8) is 0 Å². The third kappa shape index (κ3) is 1.77. The summed E-state index contributed by atoms with van der Waals surface area (Å²) in [5, 5.41) is 8.26. The van der Waals surface area contributed by atoms with Gasteiger partial charge in [0.05, 0.1) is 6.20 Å². The monoisotopic (exact) mass is 209 g/mol. The summed E-state index contributed by atoms with van der Waals surface area (Å²) >= 11 is 0. The van der Waals surface area contributed by atoms with Crippen LogP contribution in [0.1, 0.15) is 43.7 Å². The molecule has 1 aromatic rings. The molecule has 2 fully saturated rings. The van der Waals surface area contributed by atoms with E-state index in [4.69, 9.17) is 9.47 Å². The molecule has 3 rings (SSSR count). The highest BCUT2D eigenvalue weighted by Gasteiger charge is 2.24. The first kappa shape index (κ1) is 9.30. The summed E-state index contributed by atoms with van der Waals surface area (Å²) in [5.41, 5.74) is 0.947. The molecule has 3 heterocycles. The highest BCUT2D eigenvalue weighted by molar-refractivity contribution is 4.99. The van der Waals surface area contributed by atoms with Crippen LogP contribution in [0.25, 0.3) is 0 Å². The molecule has 0 amide bonds. The zero-order valence-electron chi connectivity index (χ0n) is 8.63. The van der Waals surface area contributed by atoms with Gasteiger partial charge < -0.3 is 9.47 Å². The van der Waals surface area contributed by atoms with Gasteiger partial charge in [0.25, 0.3) is 0 Å². The van der Waals surface area contributed by atoms with Gasteiger partial charge in [-0.25, -0.2) is 4.68 Å². The third-order valence-electron chi connectivity index (χ3n) is 2.99. The summed E-state index contributed by atoms with van der Waals surface area (Å²) in [6, 6.07) is 0. The molecule has 1 aromatic heterocycles. The van der Waals surface area contributed by atoms with Crippen LogP contribution in [0.15, 0.2) is 6.20 Å². The highest BCUT2D eigenvalue weighted by Crippen LogP contribution is 2.28. The van der Waals surface area contributed by atoms with E-state index < -0.39 is 0 Å². The van der Waals surface area contributed by atoms with Gasteiger partial charge in [-0.3, -0.25) is 0 Å². The fraction of sp³-hybridized carbons (Fsp3) is 0.800. The quantitative estimate of drug-likeness (QED) is 0.739. The summed E-state index contributed by atoms with van der Waals surface area (Å²) in [7, 11) is 0. The topological polar surface area (TPSA) is 49.2 Å². The van der Waals surface area contributed by atoms with Crippen LogP contribution in [-0.2, 0) is 9.47 Å². The first-order chi connectivity index (χ1) is 7.43. The van der Waals surface area contributed by atoms with E-state index in [1.807, 2.05) is 10.9 Å². The van der Waals surface area contributed by atoms with Crippen molar-refractivity contribution in [2.75, 3.05) is 13.2 Å². The molecule has 0 saturated carbocycles. The van der Waals surface area contributed by atoms with Crippen molar-refractivity contribution >= 4 is 0 Å². The number of hydrogen-bond donors (Lipinski definition) is 0. The lowest BCUT2D eigenvalue weighted by Crippen LogP contribution is -2.07. The Balaban J connectivity index is 1.74. The van der Waals surface area contributed by atoms with Crippen molar-refractivity contribution in [2.45, 2.75) is 38.0 Å². The molecular formula is C10H15N3O2. The second-order valence-corrected chi connectivity index (χ2v) is 4.09. The number of nitrogens with zero attached hydrogens (tertiary/aromatic N) is 3. The van der Waals surface area contributed by atoms with E-state index >= 15 is 0 Å². The molecule has 5 heteroatoms. The largest absolute Gasteiger partial charge is 0.372 e. The van der Waals surface area contributed by atoms with E-state index in [0.29, 0.717) is 0 Å². The lowest BCUT2D eigenvalue weighted by atomic mass is 10.2. The SMILES string of the molecule is c1c(C2CCCO2)nnn1C1CCCO1. The smallest absolute Gasteiger partial charge is 0.152 e. The van der Waals surface area contributed by atoms with Gasteiger partial charge >= 0.3 is 0 Å². The summed E-state index contributed by atoms with van der Waals surface area (Å²) in [6.45, 7) is 1.68. The molecule has 15 heavy (non-hydrogen) atoms. The van der Waals surface area contributed by atoms with E-state index in [2.05, 4.69) is 10.3 Å². The van der Waals surface area contributed by atoms with E-state index in [1.54, 1.807) is 0 Å². The Hall–Kier alpha value is -0.940. The van der Waals surface area contributed by atoms with Crippen molar-refractivity contribution in [3.8, 4) is 0 Å². The van der Waals surface area contributed by atoms with Crippen LogP contribution in [0.5, 0.6) is 0 Å². The van der Waals surface area contributed by atoms with Crippen LogP contribution in [0.3, 0.4) is 0 Å². The predicted molar refractivity (Wildman–Crippen MR) is 52.2 cm³/mol. The molecule has 0 aromatic carbocycles. The fourth-order valence-corrected chi connectivity index (χ4v) is 2.16. The zero-order valence-corrected chi connectivity index (χ0v) is 8.63. The third-order valence-corrected chi connectivity index (χ3v) is 2.99. The number of ether oxygens (including phenoxy) is 2. The van der Waals surface area contributed by atoms with Crippen LogP contribution in [0.2, 0.25) is 0 Å². The predicted octanol–water partition coefficient (Wildman–Crippen LogP) is 1.44. The van der Waals surface area contributed by atoms with Gasteiger partial charge in [-0.15, -0.1) is 5.10 Å². The van der Waals surface area contributed by atoms with Gasteiger partial charge in [0, 0.05) is 13.2 Å². The average Bonchev–Trinajstić information content (AvgIpc) is 3.02. The Kier molecular flexibility index (Phi) is 2.42. The minimum atomic E-state index is 0.0904. The summed E-state index contributed by atoms with van der Waals surface area (Å²) < 4.78 is 12.9. The van der Waals surface area contributed by atoms with Gasteiger partial charge in [0.1, 0.15) is 11.8 Å². The van der Waals surface area contributed by atoms with E-state index in [-0.39, 0.29) is 12.3 Å². The lowest BCUT2D eigenvalue weighted by molar-refractivity contribution is 0.0451. The Labute approximate surface area is 88.4 Å². The molecule has 0 spiro atoms. The standard InChI is InChI=1S/C10H15N3O2/c1-3-9(14-5-1)8-7-13(12-11-8)10-4-2-6-15-10/h7,9-10H,1-6H2. The van der Waals surface area contributed by atoms with Crippen molar-refractivity contribution in [3.05, 3.63) is 11.9 Å². The van der Waals surface area contributed by atoms with E-state index in [9.17, 15) is 0 Å². The molecule has 2 aliphatic heterocycles. The normalized spacial score (nSPS) is 31.2. The molecular weight excluding hydrogens is 194 g/mol. The van der Waals surface area contributed by atoms with E-state index in [0.717, 1.165) is 44.6 Å². The molecule has 0 aliphatic carbocycles. The Morgan fingerprint density at radius 1 is 1.20 bits per heavy atom. The molecule has 5 nitrogen and oxygen atoms in total. The van der Waals surface area contributed by atoms with Crippen molar-refractivity contribution in [2.24, 2.45) is 0 Å². The Morgan fingerprint density at radius 3 is 2.80 bits per heavy atom. The molecule has 2 atom stereocenters. The summed E-state index contributed by atoms with van der Waals surface area (Å²) in [5.74, 6) is 0. The minimum absolute atomic E-state index is 0.0904. The second-order valence-electron chi connectivity index (χ2n) is 4.09. The van der Waals surface area contributed by atoms with Gasteiger partial charge in [-0.2, -0.15) is 0 Å². The molecule has 2 aliphatic rings. The Morgan fingerprint density at radius 2 is 2.07 bits per heavy atom. The highest BCUT2D eigenvalue weighted by atomic mass is 16.5. The van der Waals surface area contributed by atoms with Crippen molar-refractivity contribution in [1.82, 2.24) is 15.0 Å². The summed E-state index contributed by atoms with van der Waals surface area (Å²) in [4.78, 5) is 0. The van der Waals surface area contributed by atoms with Gasteiger partial charge in [-0.05, 0) is 25.7 Å². The maximum Gasteiger partial charge on any atom is 0.152 e. The van der Waals surface area contributed by atoms with Crippen molar-refractivity contribution in [1.29, 1.82) is 0 Å². The minimum Gasteiger partial charge on any atom is -0.372 e. The fourth-order valence-electron chi connectivity index (χ4n) is 2.16. The molecule has 2 unspecified atom stereocenters. The zero-order chi connectivity index (χ0) is 10.1. The molecule has 2 saturated heterocycles. The molecule has 82 valence electrons. The van der Waals surface area contributed by atoms with Crippen LogP contribution in [0, 0.1) is 0 Å². The Bertz CT molecular complexity index is 297. The first-order valence-electron chi connectivity index (χ1n) is 5.58. The van der Waals surface area contributed by atoms with E-state index in [1.165, 1.54) is 0 Å². The number of rotatable bonds is 2. The van der Waals surface area contributed by atoms with Crippen molar-refractivity contribution < 1.29 is 9.47 Å². The molecule has 0 bridgehead atoms. The van der Waals surface area contributed by atoms with Gasteiger partial charge in [0.2, 0.25) is 0 Å². The van der Waals surface area contributed by atoms with Crippen LogP contribution >= 0.6 is 0 Å². The first-order valence-corrected chi connectivity index (χ1v) is 5.58. The molecule has 0 radical (unpaired) electrons. The van der Waals surface area contributed by atoms with Gasteiger partial charge in [0.15, 0.2) is 6.23 Å². The van der Waals surface area contributed by atoms with Gasteiger partial charge in [-0.1, -0.05) is 5.21 Å².